The van der Waals surface area contributed by atoms with E-state index in [2.05, 4.69) is 31.2 Å². The third-order valence-electron chi connectivity index (χ3n) is 1.77. The van der Waals surface area contributed by atoms with Crippen molar-refractivity contribution in [3.05, 3.63) is 35.4 Å². The molecule has 1 rings (SSSR count). The highest BCUT2D eigenvalue weighted by Crippen LogP contribution is 2.06. The van der Waals surface area contributed by atoms with Crippen LogP contribution in [0.4, 0.5) is 0 Å². The van der Waals surface area contributed by atoms with E-state index in [0.29, 0.717) is 6.54 Å². The van der Waals surface area contributed by atoms with Gasteiger partial charge in [-0.1, -0.05) is 37.6 Å². The minimum atomic E-state index is 0. The average molecular weight is 186 g/mol. The van der Waals surface area contributed by atoms with Gasteiger partial charge in [0.05, 0.1) is 0 Å². The van der Waals surface area contributed by atoms with E-state index in [1.54, 1.807) is 0 Å². The zero-order valence-corrected chi connectivity index (χ0v) is 8.23. The quantitative estimate of drug-likeness (QED) is 0.770. The van der Waals surface area contributed by atoms with Gasteiger partial charge in [-0.2, -0.15) is 0 Å². The molecule has 68 valence electrons. The van der Waals surface area contributed by atoms with Gasteiger partial charge in [0.2, 0.25) is 0 Å². The Hall–Kier alpha value is -0.530. The first-order valence-electron chi connectivity index (χ1n) is 4.14. The Morgan fingerprint density at radius 3 is 2.50 bits per heavy atom. The molecule has 0 saturated heterocycles. The molecule has 2 N–H and O–H groups in total. The van der Waals surface area contributed by atoms with Crippen LogP contribution in [0.1, 0.15) is 24.5 Å². The van der Waals surface area contributed by atoms with Crippen LogP contribution in [-0.4, -0.2) is 0 Å². The van der Waals surface area contributed by atoms with Gasteiger partial charge in [0, 0.05) is 6.54 Å². The molecule has 0 aliphatic carbocycles. The number of rotatable bonds is 3. The van der Waals surface area contributed by atoms with Crippen molar-refractivity contribution in [1.82, 2.24) is 0 Å². The Balaban J connectivity index is 0.00000121. The fraction of sp³-hybridized carbons (Fsp3) is 0.400. The monoisotopic (exact) mass is 185 g/mol. The molecule has 2 heteroatoms. The molecule has 1 aromatic rings. The Bertz CT molecular complexity index is 223. The van der Waals surface area contributed by atoms with Gasteiger partial charge in [0.15, 0.2) is 0 Å². The predicted octanol–water partition coefficient (Wildman–Crippen LogP) is 2.52. The maximum absolute atomic E-state index is 5.51. The molecule has 0 saturated carbocycles. The second kappa shape index (κ2) is 6.04. The lowest BCUT2D eigenvalue weighted by atomic mass is 10.1. The van der Waals surface area contributed by atoms with Crippen LogP contribution in [-0.2, 0) is 13.0 Å². The molecular formula is C10H16ClN. The van der Waals surface area contributed by atoms with Crippen molar-refractivity contribution in [2.24, 2.45) is 5.73 Å². The van der Waals surface area contributed by atoms with Gasteiger partial charge in [-0.05, 0) is 17.5 Å². The third kappa shape index (κ3) is 3.24. The summed E-state index contributed by atoms with van der Waals surface area (Å²) in [6.07, 6.45) is 2.36. The van der Waals surface area contributed by atoms with E-state index in [1.165, 1.54) is 17.5 Å². The summed E-state index contributed by atoms with van der Waals surface area (Å²) in [5.74, 6) is 0. The average Bonchev–Trinajstić information content (AvgIpc) is 2.06. The van der Waals surface area contributed by atoms with Crippen LogP contribution in [0.15, 0.2) is 24.3 Å². The zero-order valence-electron chi connectivity index (χ0n) is 7.42. The molecule has 1 aromatic carbocycles. The molecule has 0 aliphatic heterocycles. The van der Waals surface area contributed by atoms with E-state index >= 15 is 0 Å². The minimum absolute atomic E-state index is 0. The molecule has 12 heavy (non-hydrogen) atoms. The Morgan fingerprint density at radius 2 is 1.92 bits per heavy atom. The van der Waals surface area contributed by atoms with Crippen LogP contribution < -0.4 is 5.73 Å². The van der Waals surface area contributed by atoms with Crippen molar-refractivity contribution in [3.8, 4) is 0 Å². The lowest BCUT2D eigenvalue weighted by Crippen LogP contribution is -1.96. The van der Waals surface area contributed by atoms with Crippen molar-refractivity contribution >= 4 is 12.4 Å². The van der Waals surface area contributed by atoms with E-state index < -0.39 is 0 Å². The van der Waals surface area contributed by atoms with E-state index in [1.807, 2.05) is 0 Å². The predicted molar refractivity (Wildman–Crippen MR) is 55.6 cm³/mol. The SMILES string of the molecule is CCCc1cccc(CN)c1.Cl. The summed E-state index contributed by atoms with van der Waals surface area (Å²) in [7, 11) is 0. The van der Waals surface area contributed by atoms with Crippen molar-refractivity contribution in [1.29, 1.82) is 0 Å². The van der Waals surface area contributed by atoms with E-state index in [4.69, 9.17) is 5.73 Å². The van der Waals surface area contributed by atoms with Gasteiger partial charge >= 0.3 is 0 Å². The molecule has 0 unspecified atom stereocenters. The van der Waals surface area contributed by atoms with Gasteiger partial charge in [0.1, 0.15) is 0 Å². The summed E-state index contributed by atoms with van der Waals surface area (Å²) in [5.41, 5.74) is 8.15. The summed E-state index contributed by atoms with van der Waals surface area (Å²) in [6.45, 7) is 2.84. The topological polar surface area (TPSA) is 26.0 Å². The number of aryl methyl sites for hydroxylation is 1. The number of halogens is 1. The fourth-order valence-corrected chi connectivity index (χ4v) is 1.20. The molecule has 0 aliphatic rings. The molecular weight excluding hydrogens is 170 g/mol. The van der Waals surface area contributed by atoms with Gasteiger partial charge in [-0.25, -0.2) is 0 Å². The maximum Gasteiger partial charge on any atom is 0.0178 e. The Morgan fingerprint density at radius 1 is 1.25 bits per heavy atom. The Labute approximate surface area is 80.4 Å². The van der Waals surface area contributed by atoms with Crippen molar-refractivity contribution < 1.29 is 0 Å². The van der Waals surface area contributed by atoms with Crippen LogP contribution in [0.2, 0.25) is 0 Å². The molecule has 0 fully saturated rings. The van der Waals surface area contributed by atoms with Gasteiger partial charge in [0.25, 0.3) is 0 Å². The fourth-order valence-electron chi connectivity index (χ4n) is 1.20. The highest BCUT2D eigenvalue weighted by atomic mass is 35.5. The van der Waals surface area contributed by atoms with Crippen molar-refractivity contribution in [2.75, 3.05) is 0 Å². The standard InChI is InChI=1S/C10H15N.ClH/c1-2-4-9-5-3-6-10(7-9)8-11;/h3,5-7H,2,4,8,11H2,1H3;1H. The summed E-state index contributed by atoms with van der Waals surface area (Å²) >= 11 is 0. The normalized spacial score (nSPS) is 9.17. The third-order valence-corrected chi connectivity index (χ3v) is 1.77. The second-order valence-electron chi connectivity index (χ2n) is 2.77. The van der Waals surface area contributed by atoms with E-state index in [0.717, 1.165) is 6.42 Å². The Kier molecular flexibility index (Phi) is 5.77. The number of benzene rings is 1. The summed E-state index contributed by atoms with van der Waals surface area (Å²) in [6, 6.07) is 8.48. The largest absolute Gasteiger partial charge is 0.326 e. The molecule has 0 radical (unpaired) electrons. The molecule has 1 nitrogen and oxygen atoms in total. The van der Waals surface area contributed by atoms with E-state index in [-0.39, 0.29) is 12.4 Å². The van der Waals surface area contributed by atoms with Crippen molar-refractivity contribution in [3.63, 3.8) is 0 Å². The van der Waals surface area contributed by atoms with Crippen LogP contribution in [0.5, 0.6) is 0 Å². The smallest absolute Gasteiger partial charge is 0.0178 e. The lowest BCUT2D eigenvalue weighted by Gasteiger charge is -2.00. The summed E-state index contributed by atoms with van der Waals surface area (Å²) in [4.78, 5) is 0. The zero-order chi connectivity index (χ0) is 8.10. The molecule has 0 atom stereocenters. The van der Waals surface area contributed by atoms with Gasteiger partial charge in [-0.3, -0.25) is 0 Å². The van der Waals surface area contributed by atoms with Gasteiger partial charge < -0.3 is 5.73 Å². The summed E-state index contributed by atoms with van der Waals surface area (Å²) < 4.78 is 0. The summed E-state index contributed by atoms with van der Waals surface area (Å²) in [5, 5.41) is 0. The highest BCUT2D eigenvalue weighted by molar-refractivity contribution is 5.85. The first-order chi connectivity index (χ1) is 5.36. The van der Waals surface area contributed by atoms with Crippen LogP contribution in [0, 0.1) is 0 Å². The van der Waals surface area contributed by atoms with Crippen LogP contribution in [0.25, 0.3) is 0 Å². The van der Waals surface area contributed by atoms with E-state index in [9.17, 15) is 0 Å². The molecule has 0 amide bonds. The first kappa shape index (κ1) is 11.5. The lowest BCUT2D eigenvalue weighted by molar-refractivity contribution is 0.915. The number of nitrogens with two attached hydrogens (primary N) is 1. The van der Waals surface area contributed by atoms with Crippen LogP contribution >= 0.6 is 12.4 Å². The highest BCUT2D eigenvalue weighted by Gasteiger charge is 1.91. The second-order valence-corrected chi connectivity index (χ2v) is 2.77. The molecule has 0 spiro atoms. The first-order valence-corrected chi connectivity index (χ1v) is 4.14. The van der Waals surface area contributed by atoms with Gasteiger partial charge in [-0.15, -0.1) is 12.4 Å². The number of hydrogen-bond acceptors (Lipinski definition) is 1. The molecule has 0 bridgehead atoms. The van der Waals surface area contributed by atoms with Crippen LogP contribution in [0.3, 0.4) is 0 Å². The van der Waals surface area contributed by atoms with Crippen molar-refractivity contribution in [2.45, 2.75) is 26.3 Å². The maximum atomic E-state index is 5.51. The molecule has 0 heterocycles. The number of hydrogen-bond donors (Lipinski definition) is 1. The molecule has 0 aromatic heterocycles. The minimum Gasteiger partial charge on any atom is -0.326 e.